The second kappa shape index (κ2) is 13.3. The van der Waals surface area contributed by atoms with E-state index in [2.05, 4.69) is 39.9 Å². The second-order valence-electron chi connectivity index (χ2n) is 13.4. The van der Waals surface area contributed by atoms with Crippen LogP contribution in [0, 0.1) is 5.92 Å². The molecule has 5 heterocycles. The molecule has 0 N–H and O–H groups in total. The molecular formula is C38H44N6O3. The van der Waals surface area contributed by atoms with Gasteiger partial charge in [0.15, 0.2) is 0 Å². The summed E-state index contributed by atoms with van der Waals surface area (Å²) in [6.45, 7) is 7.57. The van der Waals surface area contributed by atoms with Crippen LogP contribution in [0.2, 0.25) is 0 Å². The molecule has 0 aliphatic carbocycles. The number of amides is 3. The highest BCUT2D eigenvalue weighted by molar-refractivity contribution is 5.97. The molecule has 2 aromatic carbocycles. The summed E-state index contributed by atoms with van der Waals surface area (Å²) < 4.78 is 2.10. The van der Waals surface area contributed by atoms with Crippen LogP contribution in [0.5, 0.6) is 0 Å². The van der Waals surface area contributed by atoms with E-state index in [4.69, 9.17) is 4.98 Å². The number of carbonyl (C=O) groups excluding carboxylic acids is 3. The predicted molar refractivity (Wildman–Crippen MR) is 184 cm³/mol. The number of fused-ring (bicyclic) bond motifs is 1. The van der Waals surface area contributed by atoms with Crippen molar-refractivity contribution in [3.05, 3.63) is 78.5 Å². The Morgan fingerprint density at radius 2 is 1.34 bits per heavy atom. The number of hydrogen-bond acceptors (Lipinski definition) is 5. The highest BCUT2D eigenvalue weighted by Gasteiger charge is 2.34. The largest absolute Gasteiger partial charge is 0.351 e. The van der Waals surface area contributed by atoms with E-state index >= 15 is 0 Å². The van der Waals surface area contributed by atoms with E-state index < -0.39 is 0 Å². The van der Waals surface area contributed by atoms with Crippen molar-refractivity contribution >= 4 is 28.6 Å². The SMILES string of the molecule is CC(=O)N1CCC(C(=O)N2CCC(N3CCN(C(=O)c4cc(-c5ccccc5)nc(-c5ccc6c(ccn6C)c5)c4)CC3)CC2)CC1. The number of aromatic nitrogens is 2. The van der Waals surface area contributed by atoms with Gasteiger partial charge in [-0.15, -0.1) is 0 Å². The highest BCUT2D eigenvalue weighted by atomic mass is 16.2. The van der Waals surface area contributed by atoms with Crippen molar-refractivity contribution in [3.8, 4) is 22.5 Å². The second-order valence-corrected chi connectivity index (χ2v) is 13.4. The van der Waals surface area contributed by atoms with Crippen LogP contribution >= 0.6 is 0 Å². The first-order valence-electron chi connectivity index (χ1n) is 17.0. The molecule has 3 fully saturated rings. The molecule has 7 rings (SSSR count). The summed E-state index contributed by atoms with van der Waals surface area (Å²) in [5, 5.41) is 1.14. The Hall–Kier alpha value is -4.50. The molecule has 0 bridgehead atoms. The number of piperazine rings is 1. The Labute approximate surface area is 276 Å². The minimum Gasteiger partial charge on any atom is -0.351 e. The molecule has 3 aliphatic rings. The van der Waals surface area contributed by atoms with E-state index in [1.807, 2.05) is 64.2 Å². The Bertz CT molecular complexity index is 1760. The fourth-order valence-corrected chi connectivity index (χ4v) is 7.62. The van der Waals surface area contributed by atoms with E-state index in [0.717, 1.165) is 85.3 Å². The first kappa shape index (κ1) is 31.1. The van der Waals surface area contributed by atoms with Crippen LogP contribution in [0.25, 0.3) is 33.4 Å². The van der Waals surface area contributed by atoms with Gasteiger partial charge in [-0.25, -0.2) is 4.98 Å². The number of aryl methyl sites for hydroxylation is 1. The van der Waals surface area contributed by atoms with Gasteiger partial charge in [-0.3, -0.25) is 19.3 Å². The van der Waals surface area contributed by atoms with Crippen molar-refractivity contribution in [1.82, 2.24) is 29.2 Å². The van der Waals surface area contributed by atoms with Crippen LogP contribution in [-0.2, 0) is 16.6 Å². The maximum atomic E-state index is 14.0. The zero-order valence-electron chi connectivity index (χ0n) is 27.5. The molecule has 4 aromatic rings. The first-order chi connectivity index (χ1) is 22.8. The van der Waals surface area contributed by atoms with Gasteiger partial charge in [0.25, 0.3) is 5.91 Å². The van der Waals surface area contributed by atoms with E-state index in [1.165, 1.54) is 0 Å². The van der Waals surface area contributed by atoms with Crippen LogP contribution in [0.3, 0.4) is 0 Å². The van der Waals surface area contributed by atoms with Crippen molar-refractivity contribution in [1.29, 1.82) is 0 Å². The summed E-state index contributed by atoms with van der Waals surface area (Å²) in [7, 11) is 2.04. The van der Waals surface area contributed by atoms with Gasteiger partial charge in [0.2, 0.25) is 11.8 Å². The standard InChI is InChI=1S/C38H44N6O3/c1-27(45)41-16-11-29(12-17-41)37(46)43-18-13-33(14-19-43)42-20-22-44(23-21-42)38(47)32-25-34(28-6-4-3-5-7-28)39-35(26-32)30-8-9-36-31(24-30)10-15-40(36)2/h3-10,15,24-26,29,33H,11-14,16-23H2,1-2H3. The molecule has 0 radical (unpaired) electrons. The van der Waals surface area contributed by atoms with Gasteiger partial charge in [-0.2, -0.15) is 0 Å². The molecule has 0 atom stereocenters. The summed E-state index contributed by atoms with van der Waals surface area (Å²) in [6.07, 6.45) is 5.52. The summed E-state index contributed by atoms with van der Waals surface area (Å²) in [5.41, 5.74) is 5.39. The van der Waals surface area contributed by atoms with Crippen LogP contribution in [0.4, 0.5) is 0 Å². The van der Waals surface area contributed by atoms with Crippen LogP contribution in [0.1, 0.15) is 43.0 Å². The van der Waals surface area contributed by atoms with E-state index in [0.29, 0.717) is 37.8 Å². The summed E-state index contributed by atoms with van der Waals surface area (Å²) in [4.78, 5) is 52.3. The van der Waals surface area contributed by atoms with Gasteiger partial charge < -0.3 is 19.3 Å². The van der Waals surface area contributed by atoms with Crippen molar-refractivity contribution in [2.24, 2.45) is 13.0 Å². The number of likely N-dealkylation sites (tertiary alicyclic amines) is 2. The maximum absolute atomic E-state index is 14.0. The summed E-state index contributed by atoms with van der Waals surface area (Å²) in [6, 6.07) is 22.8. The fraction of sp³-hybridized carbons (Fsp3) is 0.421. The topological polar surface area (TPSA) is 82.0 Å². The van der Waals surface area contributed by atoms with Crippen molar-refractivity contribution in [3.63, 3.8) is 0 Å². The van der Waals surface area contributed by atoms with Gasteiger partial charge in [0.1, 0.15) is 0 Å². The third kappa shape index (κ3) is 6.54. The summed E-state index contributed by atoms with van der Waals surface area (Å²) >= 11 is 0. The molecule has 0 unspecified atom stereocenters. The third-order valence-corrected chi connectivity index (χ3v) is 10.5. The zero-order valence-corrected chi connectivity index (χ0v) is 27.5. The molecule has 47 heavy (non-hydrogen) atoms. The molecule has 3 amide bonds. The van der Waals surface area contributed by atoms with Gasteiger partial charge in [-0.05, 0) is 56.0 Å². The number of rotatable bonds is 5. The zero-order chi connectivity index (χ0) is 32.5. The average molecular weight is 633 g/mol. The lowest BCUT2D eigenvalue weighted by Crippen LogP contribution is -2.55. The molecule has 3 saturated heterocycles. The van der Waals surface area contributed by atoms with Crippen molar-refractivity contribution < 1.29 is 14.4 Å². The molecule has 9 heteroatoms. The third-order valence-electron chi connectivity index (χ3n) is 10.5. The lowest BCUT2D eigenvalue weighted by Gasteiger charge is -2.43. The van der Waals surface area contributed by atoms with E-state index in [9.17, 15) is 14.4 Å². The van der Waals surface area contributed by atoms with Crippen LogP contribution in [0.15, 0.2) is 72.9 Å². The molecule has 3 aliphatic heterocycles. The number of nitrogens with zero attached hydrogens (tertiary/aromatic N) is 6. The lowest BCUT2D eigenvalue weighted by atomic mass is 9.93. The first-order valence-corrected chi connectivity index (χ1v) is 17.0. The molecule has 9 nitrogen and oxygen atoms in total. The Morgan fingerprint density at radius 1 is 0.681 bits per heavy atom. The number of carbonyl (C=O) groups is 3. The molecule has 0 saturated carbocycles. The lowest BCUT2D eigenvalue weighted by molar-refractivity contribution is -0.141. The highest BCUT2D eigenvalue weighted by Crippen LogP contribution is 2.29. The Balaban J connectivity index is 0.995. The summed E-state index contributed by atoms with van der Waals surface area (Å²) in [5.74, 6) is 0.441. The molecule has 0 spiro atoms. The predicted octanol–water partition coefficient (Wildman–Crippen LogP) is 4.91. The van der Waals surface area contributed by atoms with Crippen LogP contribution < -0.4 is 0 Å². The van der Waals surface area contributed by atoms with Gasteiger partial charge in [-0.1, -0.05) is 36.4 Å². The Kier molecular flexibility index (Phi) is 8.82. The fourth-order valence-electron chi connectivity index (χ4n) is 7.62. The molecule has 244 valence electrons. The van der Waals surface area contributed by atoms with Crippen molar-refractivity contribution in [2.45, 2.75) is 38.6 Å². The number of pyridine rings is 1. The Morgan fingerprint density at radius 3 is 2.02 bits per heavy atom. The quantitative estimate of drug-likeness (QED) is 0.312. The molecular weight excluding hydrogens is 588 g/mol. The smallest absolute Gasteiger partial charge is 0.254 e. The van der Waals surface area contributed by atoms with Gasteiger partial charge in [0.05, 0.1) is 11.4 Å². The molecule has 2 aromatic heterocycles. The minimum atomic E-state index is 0.0362. The number of hydrogen-bond donors (Lipinski definition) is 0. The van der Waals surface area contributed by atoms with Gasteiger partial charge in [0, 0.05) is 112 Å². The average Bonchev–Trinajstić information content (AvgIpc) is 3.51. The van der Waals surface area contributed by atoms with E-state index in [1.54, 1.807) is 6.92 Å². The van der Waals surface area contributed by atoms with E-state index in [-0.39, 0.29) is 23.6 Å². The normalized spacial score (nSPS) is 18.6. The maximum Gasteiger partial charge on any atom is 0.254 e. The van der Waals surface area contributed by atoms with Crippen molar-refractivity contribution in [2.75, 3.05) is 52.4 Å². The number of benzene rings is 2. The minimum absolute atomic E-state index is 0.0362. The number of piperidine rings is 2. The monoisotopic (exact) mass is 632 g/mol. The van der Waals surface area contributed by atoms with Crippen LogP contribution in [-0.4, -0.2) is 105 Å². The van der Waals surface area contributed by atoms with Gasteiger partial charge >= 0.3 is 0 Å².